The van der Waals surface area contributed by atoms with Crippen molar-refractivity contribution in [2.75, 3.05) is 6.54 Å². The first-order valence-electron chi connectivity index (χ1n) is 7.56. The highest BCUT2D eigenvalue weighted by Gasteiger charge is 2.34. The maximum absolute atomic E-state index is 12.3. The molecule has 1 fully saturated rings. The molecule has 0 bridgehead atoms. The monoisotopic (exact) mass is 462 g/mol. The van der Waals surface area contributed by atoms with E-state index in [1.54, 1.807) is 6.08 Å². The molecule has 0 aliphatic carbocycles. The largest absolute Gasteiger partial charge is 0.318 e. The smallest absolute Gasteiger partial charge is 0.294 e. The highest BCUT2D eigenvalue weighted by molar-refractivity contribution is 14.1. The summed E-state index contributed by atoms with van der Waals surface area (Å²) in [7, 11) is 0. The zero-order chi connectivity index (χ0) is 18.1. The number of hydrogen-bond donors (Lipinski definition) is 0. The first kappa shape index (κ1) is 17.8. The van der Waals surface area contributed by atoms with Crippen LogP contribution in [0.2, 0.25) is 0 Å². The fourth-order valence-electron chi connectivity index (χ4n) is 2.79. The molecule has 2 amide bonds. The van der Waals surface area contributed by atoms with Gasteiger partial charge in [-0.2, -0.15) is 0 Å². The molecule has 1 aromatic heterocycles. The van der Waals surface area contributed by atoms with Crippen LogP contribution in [0, 0.1) is 29.8 Å². The SMILES string of the molecule is C#CCN1C(=O)S/C(=C/c2cc(C)n(-c3ccc(I)cc3)c2C)C1=O. The number of terminal acetylenes is 1. The minimum Gasteiger partial charge on any atom is -0.318 e. The summed E-state index contributed by atoms with van der Waals surface area (Å²) in [6.07, 6.45) is 7.00. The van der Waals surface area contributed by atoms with Crippen LogP contribution in [0.5, 0.6) is 0 Å². The second-order valence-electron chi connectivity index (χ2n) is 5.61. The molecule has 6 heteroatoms. The molecule has 1 aliphatic rings. The van der Waals surface area contributed by atoms with Crippen LogP contribution in [0.25, 0.3) is 11.8 Å². The van der Waals surface area contributed by atoms with E-state index in [-0.39, 0.29) is 17.7 Å². The molecule has 0 spiro atoms. The van der Waals surface area contributed by atoms with Gasteiger partial charge in [0.2, 0.25) is 0 Å². The molecule has 0 radical (unpaired) electrons. The van der Waals surface area contributed by atoms with Gasteiger partial charge < -0.3 is 4.57 Å². The van der Waals surface area contributed by atoms with Crippen molar-refractivity contribution in [3.63, 3.8) is 0 Å². The van der Waals surface area contributed by atoms with E-state index in [2.05, 4.69) is 57.3 Å². The number of aryl methyl sites for hydroxylation is 1. The Morgan fingerprint density at radius 2 is 1.92 bits per heavy atom. The topological polar surface area (TPSA) is 42.3 Å². The van der Waals surface area contributed by atoms with Gasteiger partial charge in [0.05, 0.1) is 11.4 Å². The van der Waals surface area contributed by atoms with Gasteiger partial charge in [-0.3, -0.25) is 14.5 Å². The number of benzene rings is 1. The maximum Gasteiger partial charge on any atom is 0.294 e. The Morgan fingerprint density at radius 3 is 2.56 bits per heavy atom. The number of carbonyl (C=O) groups is 2. The number of nitrogens with zero attached hydrogens (tertiary/aromatic N) is 2. The standard InChI is InChI=1S/C19H15IN2O2S/c1-4-9-21-18(23)17(25-19(21)24)11-14-10-12(2)22(13(14)3)16-7-5-15(20)6-8-16/h1,5-8,10-11H,9H2,2-3H3/b17-11+. The highest BCUT2D eigenvalue weighted by atomic mass is 127. The van der Waals surface area contributed by atoms with Gasteiger partial charge in [0, 0.05) is 20.6 Å². The summed E-state index contributed by atoms with van der Waals surface area (Å²) in [5.41, 5.74) is 4.06. The van der Waals surface area contributed by atoms with Crippen LogP contribution in [0.3, 0.4) is 0 Å². The van der Waals surface area contributed by atoms with Crippen LogP contribution in [-0.2, 0) is 4.79 Å². The van der Waals surface area contributed by atoms with Crippen LogP contribution in [-0.4, -0.2) is 27.2 Å². The minimum atomic E-state index is -0.327. The molecule has 0 saturated carbocycles. The van der Waals surface area contributed by atoms with Gasteiger partial charge in [-0.25, -0.2) is 0 Å². The molecule has 126 valence electrons. The molecular weight excluding hydrogens is 447 g/mol. The van der Waals surface area contributed by atoms with E-state index in [0.29, 0.717) is 4.91 Å². The zero-order valence-electron chi connectivity index (χ0n) is 13.7. The lowest BCUT2D eigenvalue weighted by atomic mass is 10.2. The molecule has 1 aliphatic heterocycles. The lowest BCUT2D eigenvalue weighted by Gasteiger charge is -2.09. The maximum atomic E-state index is 12.3. The third kappa shape index (κ3) is 3.39. The Morgan fingerprint density at radius 1 is 1.24 bits per heavy atom. The van der Waals surface area contributed by atoms with Crippen molar-refractivity contribution >= 4 is 51.6 Å². The van der Waals surface area contributed by atoms with E-state index in [4.69, 9.17) is 6.42 Å². The predicted molar refractivity (Wildman–Crippen MR) is 109 cm³/mol. The molecule has 25 heavy (non-hydrogen) atoms. The first-order valence-corrected chi connectivity index (χ1v) is 9.45. The van der Waals surface area contributed by atoms with Crippen molar-refractivity contribution in [1.29, 1.82) is 0 Å². The van der Waals surface area contributed by atoms with Crippen molar-refractivity contribution in [2.24, 2.45) is 0 Å². The summed E-state index contributed by atoms with van der Waals surface area (Å²) >= 11 is 3.21. The number of thioether (sulfide) groups is 1. The van der Waals surface area contributed by atoms with Crippen LogP contribution >= 0.6 is 34.4 Å². The second kappa shape index (κ2) is 7.10. The molecule has 0 atom stereocenters. The van der Waals surface area contributed by atoms with E-state index in [1.807, 2.05) is 19.9 Å². The Kier molecular flexibility index (Phi) is 5.06. The van der Waals surface area contributed by atoms with Gasteiger partial charge in [0.1, 0.15) is 0 Å². The lowest BCUT2D eigenvalue weighted by molar-refractivity contribution is -0.122. The van der Waals surface area contributed by atoms with E-state index in [1.165, 1.54) is 3.57 Å². The number of rotatable bonds is 3. The van der Waals surface area contributed by atoms with Crippen LogP contribution in [0.4, 0.5) is 4.79 Å². The molecule has 1 saturated heterocycles. The number of amides is 2. The summed E-state index contributed by atoms with van der Waals surface area (Å²) in [5, 5.41) is -0.319. The van der Waals surface area contributed by atoms with Crippen molar-refractivity contribution in [1.82, 2.24) is 9.47 Å². The number of halogens is 1. The van der Waals surface area contributed by atoms with Crippen molar-refractivity contribution < 1.29 is 9.59 Å². The molecular formula is C19H15IN2O2S. The predicted octanol–water partition coefficient (Wildman–Crippen LogP) is 4.37. The first-order chi connectivity index (χ1) is 11.9. The summed E-state index contributed by atoms with van der Waals surface area (Å²) in [6.45, 7) is 4.03. The van der Waals surface area contributed by atoms with Crippen molar-refractivity contribution in [3.8, 4) is 18.0 Å². The van der Waals surface area contributed by atoms with Gasteiger partial charge in [-0.1, -0.05) is 5.92 Å². The molecule has 0 N–H and O–H groups in total. The molecule has 2 aromatic rings. The summed E-state index contributed by atoms with van der Waals surface area (Å²) < 4.78 is 3.30. The van der Waals surface area contributed by atoms with Crippen LogP contribution in [0.15, 0.2) is 35.2 Å². The third-order valence-electron chi connectivity index (χ3n) is 3.96. The van der Waals surface area contributed by atoms with Crippen LogP contribution < -0.4 is 0 Å². The minimum absolute atomic E-state index is 0.00365. The van der Waals surface area contributed by atoms with E-state index in [9.17, 15) is 9.59 Å². The number of imide groups is 1. The van der Waals surface area contributed by atoms with E-state index >= 15 is 0 Å². The van der Waals surface area contributed by atoms with Crippen molar-refractivity contribution in [3.05, 3.63) is 55.8 Å². The fourth-order valence-corrected chi connectivity index (χ4v) is 3.98. The normalized spacial score (nSPS) is 15.9. The van der Waals surface area contributed by atoms with Crippen molar-refractivity contribution in [2.45, 2.75) is 13.8 Å². The summed E-state index contributed by atoms with van der Waals surface area (Å²) in [4.78, 5) is 25.7. The zero-order valence-corrected chi connectivity index (χ0v) is 16.7. The molecule has 4 nitrogen and oxygen atoms in total. The number of hydrogen-bond acceptors (Lipinski definition) is 3. The quantitative estimate of drug-likeness (QED) is 0.387. The Hall–Kier alpha value is -1.98. The van der Waals surface area contributed by atoms with Crippen LogP contribution in [0.1, 0.15) is 17.0 Å². The van der Waals surface area contributed by atoms with Gasteiger partial charge in [-0.15, -0.1) is 6.42 Å². The highest BCUT2D eigenvalue weighted by Crippen LogP contribution is 2.33. The average Bonchev–Trinajstić information content (AvgIpc) is 3.00. The number of aromatic nitrogens is 1. The van der Waals surface area contributed by atoms with Gasteiger partial charge >= 0.3 is 0 Å². The lowest BCUT2D eigenvalue weighted by Crippen LogP contribution is -2.28. The van der Waals surface area contributed by atoms with E-state index < -0.39 is 0 Å². The van der Waals surface area contributed by atoms with Gasteiger partial charge in [-0.05, 0) is 90.2 Å². The molecule has 3 rings (SSSR count). The summed E-state index contributed by atoms with van der Waals surface area (Å²) in [6, 6.07) is 10.3. The molecule has 0 unspecified atom stereocenters. The molecule has 1 aromatic carbocycles. The Labute approximate surface area is 164 Å². The number of carbonyl (C=O) groups excluding carboxylic acids is 2. The fraction of sp³-hybridized carbons (Fsp3) is 0.158. The van der Waals surface area contributed by atoms with Gasteiger partial charge in [0.25, 0.3) is 11.1 Å². The summed E-state index contributed by atoms with van der Waals surface area (Å²) in [5.74, 6) is 2.02. The second-order valence-corrected chi connectivity index (χ2v) is 7.85. The van der Waals surface area contributed by atoms with E-state index in [0.717, 1.165) is 39.3 Å². The molecule has 2 heterocycles. The van der Waals surface area contributed by atoms with Gasteiger partial charge in [0.15, 0.2) is 0 Å². The average molecular weight is 462 g/mol. The third-order valence-corrected chi connectivity index (χ3v) is 5.59. The Bertz CT molecular complexity index is 936. The Balaban J connectivity index is 1.99.